The minimum absolute atomic E-state index is 0.312. The Kier molecular flexibility index (Phi) is 6.14. The third-order valence-electron chi connectivity index (χ3n) is 5.82. The highest BCUT2D eigenvalue weighted by Gasteiger charge is 2.44. The van der Waals surface area contributed by atoms with E-state index in [-0.39, 0.29) is 18.0 Å². The van der Waals surface area contributed by atoms with Gasteiger partial charge in [-0.25, -0.2) is 4.79 Å². The van der Waals surface area contributed by atoms with Crippen LogP contribution in [0.15, 0.2) is 91.0 Å². The molecule has 0 aliphatic carbocycles. The molecule has 3 aromatic rings. The van der Waals surface area contributed by atoms with Crippen LogP contribution in [0.3, 0.4) is 0 Å². The van der Waals surface area contributed by atoms with Crippen molar-refractivity contribution >= 4 is 17.6 Å². The first-order valence-corrected chi connectivity index (χ1v) is 10.5. The molecule has 3 atom stereocenters. The zero-order chi connectivity index (χ0) is 21.8. The third-order valence-corrected chi connectivity index (χ3v) is 5.82. The molecular weight excluding hydrogens is 388 g/mol. The van der Waals surface area contributed by atoms with Gasteiger partial charge >= 0.3 is 6.03 Å². The molecule has 4 rings (SSSR count). The van der Waals surface area contributed by atoms with Crippen molar-refractivity contribution < 1.29 is 14.7 Å². The molecule has 0 bridgehead atoms. The molecule has 0 aromatic heterocycles. The lowest BCUT2D eigenvalue weighted by molar-refractivity contribution is -0.136. The van der Waals surface area contributed by atoms with Gasteiger partial charge in [-0.05, 0) is 29.7 Å². The van der Waals surface area contributed by atoms with E-state index in [4.69, 9.17) is 0 Å². The van der Waals surface area contributed by atoms with Crippen molar-refractivity contribution in [2.75, 3.05) is 11.4 Å². The molecule has 0 unspecified atom stereocenters. The molecule has 1 N–H and O–H groups in total. The molecule has 3 aromatic carbocycles. The maximum absolute atomic E-state index is 13.5. The highest BCUT2D eigenvalue weighted by atomic mass is 16.3. The quantitative estimate of drug-likeness (QED) is 0.649. The lowest BCUT2D eigenvalue weighted by Gasteiger charge is -2.27. The fourth-order valence-corrected chi connectivity index (χ4v) is 4.09. The topological polar surface area (TPSA) is 60.9 Å². The van der Waals surface area contributed by atoms with Gasteiger partial charge in [-0.1, -0.05) is 85.8 Å². The number of carbonyl (C=O) groups is 2. The van der Waals surface area contributed by atoms with E-state index in [1.807, 2.05) is 78.9 Å². The first-order valence-electron chi connectivity index (χ1n) is 10.5. The van der Waals surface area contributed by atoms with Crippen LogP contribution in [0, 0.1) is 5.92 Å². The second kappa shape index (κ2) is 9.14. The summed E-state index contributed by atoms with van der Waals surface area (Å²) in [6.45, 7) is 2.09. The van der Waals surface area contributed by atoms with Gasteiger partial charge in [-0.15, -0.1) is 0 Å². The summed E-state index contributed by atoms with van der Waals surface area (Å²) in [4.78, 5) is 29.8. The molecule has 158 valence electrons. The van der Waals surface area contributed by atoms with Crippen LogP contribution in [0.5, 0.6) is 0 Å². The highest BCUT2D eigenvalue weighted by molar-refractivity contribution is 6.06. The molecule has 0 radical (unpaired) electrons. The Morgan fingerprint density at radius 2 is 1.48 bits per heavy atom. The van der Waals surface area contributed by atoms with Crippen LogP contribution in [0.1, 0.15) is 24.2 Å². The third kappa shape index (κ3) is 4.37. The van der Waals surface area contributed by atoms with E-state index in [1.165, 1.54) is 4.90 Å². The average Bonchev–Trinajstić information content (AvgIpc) is 3.15. The Morgan fingerprint density at radius 1 is 0.935 bits per heavy atom. The van der Waals surface area contributed by atoms with E-state index in [9.17, 15) is 14.7 Å². The van der Waals surface area contributed by atoms with Crippen molar-refractivity contribution in [2.45, 2.75) is 25.5 Å². The monoisotopic (exact) mass is 414 g/mol. The SMILES string of the molecule is C[C@H](C(=O)N1C(=O)N(c2ccccc2)C[C@@H]1Cc1ccccc1)[C@H](O)c1ccccc1. The van der Waals surface area contributed by atoms with Crippen LogP contribution in [0.4, 0.5) is 10.5 Å². The molecule has 0 saturated carbocycles. The van der Waals surface area contributed by atoms with Crippen molar-refractivity contribution in [3.63, 3.8) is 0 Å². The molecule has 1 aliphatic heterocycles. The molecule has 5 heteroatoms. The van der Waals surface area contributed by atoms with E-state index in [1.54, 1.807) is 24.0 Å². The maximum atomic E-state index is 13.5. The van der Waals surface area contributed by atoms with Crippen LogP contribution in [-0.4, -0.2) is 34.5 Å². The summed E-state index contributed by atoms with van der Waals surface area (Å²) in [5, 5.41) is 10.8. The summed E-state index contributed by atoms with van der Waals surface area (Å²) in [6.07, 6.45) is -0.417. The normalized spacial score (nSPS) is 18.1. The van der Waals surface area contributed by atoms with E-state index in [0.717, 1.165) is 11.3 Å². The van der Waals surface area contributed by atoms with E-state index >= 15 is 0 Å². The minimum Gasteiger partial charge on any atom is -0.388 e. The lowest BCUT2D eigenvalue weighted by Crippen LogP contribution is -2.45. The number of para-hydroxylation sites is 1. The van der Waals surface area contributed by atoms with Crippen LogP contribution >= 0.6 is 0 Å². The number of amides is 3. The largest absolute Gasteiger partial charge is 0.388 e. The Hall–Kier alpha value is -3.44. The summed E-state index contributed by atoms with van der Waals surface area (Å²) >= 11 is 0. The lowest BCUT2D eigenvalue weighted by atomic mass is 9.95. The highest BCUT2D eigenvalue weighted by Crippen LogP contribution is 2.30. The first-order chi connectivity index (χ1) is 15.1. The average molecular weight is 415 g/mol. The van der Waals surface area contributed by atoms with Crippen LogP contribution in [-0.2, 0) is 11.2 Å². The fourth-order valence-electron chi connectivity index (χ4n) is 4.09. The zero-order valence-electron chi connectivity index (χ0n) is 17.5. The smallest absolute Gasteiger partial charge is 0.331 e. The molecule has 0 spiro atoms. The Bertz CT molecular complexity index is 1020. The number of imide groups is 1. The second-order valence-corrected chi connectivity index (χ2v) is 7.92. The second-order valence-electron chi connectivity index (χ2n) is 7.92. The van der Waals surface area contributed by atoms with Gasteiger partial charge in [-0.2, -0.15) is 0 Å². The van der Waals surface area contributed by atoms with Gasteiger partial charge in [0, 0.05) is 12.2 Å². The van der Waals surface area contributed by atoms with E-state index in [0.29, 0.717) is 18.5 Å². The van der Waals surface area contributed by atoms with Gasteiger partial charge in [0.15, 0.2) is 0 Å². The van der Waals surface area contributed by atoms with Crippen LogP contribution in [0.2, 0.25) is 0 Å². The number of hydrogen-bond acceptors (Lipinski definition) is 3. The number of aliphatic hydroxyl groups excluding tert-OH is 1. The number of urea groups is 1. The predicted molar refractivity (Wildman–Crippen MR) is 121 cm³/mol. The zero-order valence-corrected chi connectivity index (χ0v) is 17.5. The summed E-state index contributed by atoms with van der Waals surface area (Å²) in [7, 11) is 0. The first kappa shape index (κ1) is 20.8. The number of benzene rings is 3. The molecule has 1 fully saturated rings. The standard InChI is InChI=1S/C26H26N2O3/c1-19(24(29)21-13-7-3-8-14-21)25(30)28-23(17-20-11-5-2-6-12-20)18-27(26(28)31)22-15-9-4-10-16-22/h2-16,19,23-24,29H,17-18H2,1H3/t19-,23-,24-/m0/s1. The van der Waals surface area contributed by atoms with Gasteiger partial charge in [0.25, 0.3) is 0 Å². The minimum atomic E-state index is -0.982. The van der Waals surface area contributed by atoms with E-state index in [2.05, 4.69) is 0 Å². The number of carbonyl (C=O) groups excluding carboxylic acids is 2. The Morgan fingerprint density at radius 3 is 2.10 bits per heavy atom. The van der Waals surface area contributed by atoms with Crippen molar-refractivity contribution in [1.29, 1.82) is 0 Å². The van der Waals surface area contributed by atoms with Gasteiger partial charge in [0.1, 0.15) is 0 Å². The number of anilines is 1. The molecule has 1 aliphatic rings. The molecule has 1 saturated heterocycles. The number of hydrogen-bond donors (Lipinski definition) is 1. The number of nitrogens with zero attached hydrogens (tertiary/aromatic N) is 2. The van der Waals surface area contributed by atoms with Crippen molar-refractivity contribution in [2.24, 2.45) is 5.92 Å². The molecule has 31 heavy (non-hydrogen) atoms. The van der Waals surface area contributed by atoms with Gasteiger partial charge in [0.2, 0.25) is 5.91 Å². The van der Waals surface area contributed by atoms with Crippen LogP contribution < -0.4 is 4.90 Å². The summed E-state index contributed by atoms with van der Waals surface area (Å²) in [5.74, 6) is -1.11. The Balaban J connectivity index is 1.62. The summed E-state index contributed by atoms with van der Waals surface area (Å²) < 4.78 is 0. The summed E-state index contributed by atoms with van der Waals surface area (Å²) in [5.41, 5.74) is 2.48. The Labute approximate surface area is 182 Å². The number of rotatable bonds is 6. The van der Waals surface area contributed by atoms with Crippen molar-refractivity contribution in [1.82, 2.24) is 4.90 Å². The summed E-state index contributed by atoms with van der Waals surface area (Å²) in [6, 6.07) is 27.7. The van der Waals surface area contributed by atoms with Gasteiger partial charge in [-0.3, -0.25) is 14.6 Å². The molecule has 1 heterocycles. The van der Waals surface area contributed by atoms with Crippen molar-refractivity contribution in [3.05, 3.63) is 102 Å². The molecule has 3 amide bonds. The molecular formula is C26H26N2O3. The van der Waals surface area contributed by atoms with E-state index < -0.39 is 12.0 Å². The predicted octanol–water partition coefficient (Wildman–Crippen LogP) is 4.44. The maximum Gasteiger partial charge on any atom is 0.331 e. The molecule has 5 nitrogen and oxygen atoms in total. The van der Waals surface area contributed by atoms with Gasteiger partial charge < -0.3 is 5.11 Å². The van der Waals surface area contributed by atoms with Crippen molar-refractivity contribution in [3.8, 4) is 0 Å². The number of aliphatic hydroxyl groups is 1. The van der Waals surface area contributed by atoms with Gasteiger partial charge in [0.05, 0.1) is 18.1 Å². The fraction of sp³-hybridized carbons (Fsp3) is 0.231. The van der Waals surface area contributed by atoms with Crippen LogP contribution in [0.25, 0.3) is 0 Å².